The summed E-state index contributed by atoms with van der Waals surface area (Å²) in [5.74, 6) is 1.32. The number of rotatable bonds is 5. The Morgan fingerprint density at radius 3 is 1.57 bits per heavy atom. The predicted molar refractivity (Wildman–Crippen MR) is 178 cm³/mol. The number of anilines is 4. The number of benzene rings is 2. The van der Waals surface area contributed by atoms with Gasteiger partial charge in [0, 0.05) is 13.1 Å². The fourth-order valence-corrected chi connectivity index (χ4v) is 5.70. The first-order chi connectivity index (χ1) is 18.0. The molecule has 3 heterocycles. The molecule has 0 saturated heterocycles. The van der Waals surface area contributed by atoms with Gasteiger partial charge in [-0.25, -0.2) is 18.1 Å². The zero-order chi connectivity index (χ0) is 26.7. The van der Waals surface area contributed by atoms with Gasteiger partial charge in [0.1, 0.15) is 0 Å². The molecule has 0 saturated carbocycles. The van der Waals surface area contributed by atoms with Crippen molar-refractivity contribution in [3.8, 4) is 0 Å². The van der Waals surface area contributed by atoms with Crippen molar-refractivity contribution in [2.45, 2.75) is 68.2 Å². The zero-order valence-electron chi connectivity index (χ0n) is 26.8. The molecule has 0 fully saturated rings. The van der Waals surface area contributed by atoms with Crippen molar-refractivity contribution in [2.24, 2.45) is 11.8 Å². The van der Waals surface area contributed by atoms with Gasteiger partial charge in [-0.1, -0.05) is 83.9 Å². The summed E-state index contributed by atoms with van der Waals surface area (Å²) in [7, 11) is 0. The molecule has 0 spiro atoms. The number of fused-ring (bicyclic) bond motifs is 1. The third-order valence-electron chi connectivity index (χ3n) is 8.14. The van der Waals surface area contributed by atoms with E-state index < -0.39 is 0 Å². The smallest absolute Gasteiger partial charge is 0.358 e. The zero-order valence-corrected chi connectivity index (χ0v) is 29.6. The van der Waals surface area contributed by atoms with Gasteiger partial charge >= 0.3 is 32.7 Å². The molecule has 2 aromatic carbocycles. The fourth-order valence-electron chi connectivity index (χ4n) is 5.70. The third-order valence-corrected chi connectivity index (χ3v) is 8.14. The van der Waals surface area contributed by atoms with E-state index in [0.29, 0.717) is 11.8 Å². The molecular formula is C37H51N2Y. The number of allylic oxidation sites excluding steroid dienone is 8. The van der Waals surface area contributed by atoms with Gasteiger partial charge in [0.15, 0.2) is 0 Å². The molecule has 3 heteroatoms. The Balaban J connectivity index is 0.00000110. The SMILES string of the molecule is CC.CC.C[CH-]C1=CC=C(c2ccc3c(c2)N2CCN3c3cc(C4=CC=C(C(C)C(C)C)C4)ccc32)C1.[CH3-].[CH3-].[Y+3]. The van der Waals surface area contributed by atoms with Crippen LogP contribution in [0.15, 0.2) is 71.8 Å². The van der Waals surface area contributed by atoms with Crippen LogP contribution in [0.25, 0.3) is 11.1 Å². The Bertz CT molecular complexity index is 1260. The Morgan fingerprint density at radius 1 is 0.650 bits per heavy atom. The third kappa shape index (κ3) is 6.71. The van der Waals surface area contributed by atoms with E-state index in [1.807, 2.05) is 27.7 Å². The van der Waals surface area contributed by atoms with E-state index >= 15 is 0 Å². The molecule has 0 radical (unpaired) electrons. The van der Waals surface area contributed by atoms with Crippen molar-refractivity contribution in [1.82, 2.24) is 0 Å². The Kier molecular flexibility index (Phi) is 14.2. The average molecular weight is 613 g/mol. The van der Waals surface area contributed by atoms with Crippen LogP contribution in [0.4, 0.5) is 22.7 Å². The van der Waals surface area contributed by atoms with E-state index in [2.05, 4.69) is 105 Å². The molecule has 2 aromatic rings. The van der Waals surface area contributed by atoms with E-state index in [4.69, 9.17) is 0 Å². The normalized spacial score (nSPS) is 16.1. The number of hydrogen-bond donors (Lipinski definition) is 0. The minimum Gasteiger partial charge on any atom is -0.358 e. The van der Waals surface area contributed by atoms with Gasteiger partial charge in [0.2, 0.25) is 0 Å². The van der Waals surface area contributed by atoms with E-state index in [0.717, 1.165) is 25.9 Å². The molecule has 0 aromatic heterocycles. The van der Waals surface area contributed by atoms with Crippen LogP contribution in [0, 0.1) is 33.1 Å². The van der Waals surface area contributed by atoms with E-state index in [9.17, 15) is 0 Å². The second kappa shape index (κ2) is 15.8. The van der Waals surface area contributed by atoms with Crippen LogP contribution >= 0.6 is 0 Å². The van der Waals surface area contributed by atoms with E-state index in [-0.39, 0.29) is 47.6 Å². The van der Waals surface area contributed by atoms with Crippen LogP contribution < -0.4 is 9.80 Å². The summed E-state index contributed by atoms with van der Waals surface area (Å²) in [6.07, 6.45) is 13.6. The van der Waals surface area contributed by atoms with Crippen LogP contribution in [0.5, 0.6) is 0 Å². The van der Waals surface area contributed by atoms with Gasteiger partial charge in [-0.05, 0) is 65.6 Å². The summed E-state index contributed by atoms with van der Waals surface area (Å²) in [6, 6.07) is 14.1. The molecule has 2 aliphatic carbocycles. The maximum absolute atomic E-state index is 2.53. The Hall–Kier alpha value is -2.03. The molecule has 3 aliphatic heterocycles. The minimum atomic E-state index is 0. The molecule has 2 bridgehead atoms. The largest absolute Gasteiger partial charge is 3.00 e. The standard InChI is InChI=1S/C31H33N2.2C2H6.2CH3.Y/c1-5-22-6-7-24(16-22)26-10-12-28-30(18-26)32-14-15-33(28)31-19-27(11-13-29(31)32)25-9-8-23(17-25)21(4)20(2)3;2*1-2;;;/h5-13,18-21H,14-17H2,1-4H3;2*1-2H3;2*1H3;/q-1;;;2*-1;+3. The predicted octanol–water partition coefficient (Wildman–Crippen LogP) is 11.2. The van der Waals surface area contributed by atoms with Crippen molar-refractivity contribution in [3.05, 3.63) is 104 Å². The van der Waals surface area contributed by atoms with Crippen LogP contribution in [-0.4, -0.2) is 13.1 Å². The first kappa shape index (κ1) is 36.0. The minimum absolute atomic E-state index is 0. The fraction of sp³-hybridized carbons (Fsp3) is 0.378. The second-order valence-electron chi connectivity index (χ2n) is 10.3. The quantitative estimate of drug-likeness (QED) is 0.310. The average Bonchev–Trinajstić information content (AvgIpc) is 3.65. The first-order valence-corrected chi connectivity index (χ1v) is 14.5. The van der Waals surface area contributed by atoms with Crippen LogP contribution in [-0.2, 0) is 32.7 Å². The maximum Gasteiger partial charge on any atom is 3.00 e. The Morgan fingerprint density at radius 2 is 1.12 bits per heavy atom. The number of nitrogens with zero attached hydrogens (tertiary/aromatic N) is 2. The number of hydrogen-bond acceptors (Lipinski definition) is 2. The van der Waals surface area contributed by atoms with Crippen molar-refractivity contribution in [2.75, 3.05) is 22.9 Å². The molecule has 7 rings (SSSR count). The van der Waals surface area contributed by atoms with Gasteiger partial charge in [0.25, 0.3) is 0 Å². The van der Waals surface area contributed by atoms with Crippen molar-refractivity contribution >= 4 is 33.9 Å². The van der Waals surface area contributed by atoms with Crippen LogP contribution in [0.1, 0.15) is 79.4 Å². The van der Waals surface area contributed by atoms with Crippen LogP contribution in [0.2, 0.25) is 0 Å². The van der Waals surface area contributed by atoms with Crippen molar-refractivity contribution in [3.63, 3.8) is 0 Å². The topological polar surface area (TPSA) is 6.48 Å². The summed E-state index contributed by atoms with van der Waals surface area (Å²) >= 11 is 0. The summed E-state index contributed by atoms with van der Waals surface area (Å²) in [5, 5.41) is 0. The molecular weight excluding hydrogens is 561 g/mol. The molecule has 0 N–H and O–H groups in total. The van der Waals surface area contributed by atoms with Crippen LogP contribution in [0.3, 0.4) is 0 Å². The van der Waals surface area contributed by atoms with E-state index in [1.54, 1.807) is 5.57 Å². The van der Waals surface area contributed by atoms with Gasteiger partial charge in [-0.2, -0.15) is 0 Å². The van der Waals surface area contributed by atoms with Crippen molar-refractivity contribution < 1.29 is 32.7 Å². The maximum atomic E-state index is 2.53. The van der Waals surface area contributed by atoms with Crippen molar-refractivity contribution in [1.29, 1.82) is 0 Å². The summed E-state index contributed by atoms with van der Waals surface area (Å²) in [4.78, 5) is 5.06. The first-order valence-electron chi connectivity index (χ1n) is 14.5. The van der Waals surface area contributed by atoms with Gasteiger partial charge in [0.05, 0.1) is 22.7 Å². The molecule has 0 amide bonds. The van der Waals surface area contributed by atoms with Gasteiger partial charge in [-0.15, -0.1) is 13.0 Å². The Labute approximate surface area is 272 Å². The molecule has 2 nitrogen and oxygen atoms in total. The molecule has 1 atom stereocenters. The molecule has 1 unspecified atom stereocenters. The van der Waals surface area contributed by atoms with Gasteiger partial charge in [-0.3, -0.25) is 0 Å². The molecule has 212 valence electrons. The molecule has 5 aliphatic rings. The molecule has 40 heavy (non-hydrogen) atoms. The monoisotopic (exact) mass is 612 g/mol. The summed E-state index contributed by atoms with van der Waals surface area (Å²) in [6.45, 7) is 19.2. The summed E-state index contributed by atoms with van der Waals surface area (Å²) < 4.78 is 0. The van der Waals surface area contributed by atoms with Gasteiger partial charge < -0.3 is 24.7 Å². The van der Waals surface area contributed by atoms with E-state index in [1.165, 1.54) is 50.6 Å². The summed E-state index contributed by atoms with van der Waals surface area (Å²) in [5.41, 5.74) is 14.0. The second-order valence-corrected chi connectivity index (χ2v) is 10.3.